The Kier molecular flexibility index (Phi) is 6.65. The van der Waals surface area contributed by atoms with E-state index in [1.807, 2.05) is 37.4 Å². The second-order valence-corrected chi connectivity index (χ2v) is 7.64. The van der Waals surface area contributed by atoms with Crippen LogP contribution in [0.1, 0.15) is 17.5 Å². The molecule has 1 aromatic carbocycles. The molecule has 0 radical (unpaired) electrons. The van der Waals surface area contributed by atoms with Crippen molar-refractivity contribution in [3.63, 3.8) is 0 Å². The van der Waals surface area contributed by atoms with E-state index in [9.17, 15) is 0 Å². The third-order valence-corrected chi connectivity index (χ3v) is 4.80. The summed E-state index contributed by atoms with van der Waals surface area (Å²) in [5.41, 5.74) is 6.05. The van der Waals surface area contributed by atoms with Gasteiger partial charge in [-0.05, 0) is 69.8 Å². The van der Waals surface area contributed by atoms with Crippen molar-refractivity contribution >= 4 is 11.6 Å². The SMILES string of the molecule is Cc1cnc(-c2cccnc2-c2ccc(Cl)c(OCCCN(C)C)c2)c(C)c1. The molecule has 5 heteroatoms. The topological polar surface area (TPSA) is 38.3 Å². The maximum absolute atomic E-state index is 6.36. The highest BCUT2D eigenvalue weighted by molar-refractivity contribution is 6.32. The van der Waals surface area contributed by atoms with E-state index in [2.05, 4.69) is 48.0 Å². The summed E-state index contributed by atoms with van der Waals surface area (Å²) in [5.74, 6) is 0.683. The van der Waals surface area contributed by atoms with Gasteiger partial charge in [0.15, 0.2) is 0 Å². The quantitative estimate of drug-likeness (QED) is 0.501. The van der Waals surface area contributed by atoms with Crippen molar-refractivity contribution in [2.75, 3.05) is 27.2 Å². The fourth-order valence-electron chi connectivity index (χ4n) is 3.15. The molecule has 4 nitrogen and oxygen atoms in total. The molecule has 0 N–H and O–H groups in total. The van der Waals surface area contributed by atoms with Crippen LogP contribution in [0.3, 0.4) is 0 Å². The molecule has 146 valence electrons. The highest BCUT2D eigenvalue weighted by Gasteiger charge is 2.14. The zero-order chi connectivity index (χ0) is 20.1. The number of halogens is 1. The van der Waals surface area contributed by atoms with Crippen LogP contribution < -0.4 is 4.74 Å². The van der Waals surface area contributed by atoms with Gasteiger partial charge in [0, 0.05) is 30.1 Å². The van der Waals surface area contributed by atoms with Gasteiger partial charge in [0.2, 0.25) is 0 Å². The van der Waals surface area contributed by atoms with Crippen LogP contribution in [0.2, 0.25) is 5.02 Å². The first-order valence-corrected chi connectivity index (χ1v) is 9.79. The lowest BCUT2D eigenvalue weighted by atomic mass is 9.99. The van der Waals surface area contributed by atoms with Gasteiger partial charge in [0.25, 0.3) is 0 Å². The van der Waals surface area contributed by atoms with Crippen LogP contribution in [0.4, 0.5) is 0 Å². The lowest BCUT2D eigenvalue weighted by molar-refractivity contribution is 0.282. The van der Waals surface area contributed by atoms with Gasteiger partial charge in [-0.2, -0.15) is 0 Å². The fourth-order valence-corrected chi connectivity index (χ4v) is 3.32. The van der Waals surface area contributed by atoms with Crippen LogP contribution in [0, 0.1) is 13.8 Å². The minimum Gasteiger partial charge on any atom is -0.492 e. The predicted octanol–water partition coefficient (Wildman–Crippen LogP) is 5.41. The molecule has 2 heterocycles. The number of nitrogens with zero attached hydrogens (tertiary/aromatic N) is 3. The Morgan fingerprint density at radius 3 is 2.61 bits per heavy atom. The van der Waals surface area contributed by atoms with Crippen molar-refractivity contribution < 1.29 is 4.74 Å². The Morgan fingerprint density at radius 1 is 1.04 bits per heavy atom. The minimum atomic E-state index is 0.607. The van der Waals surface area contributed by atoms with E-state index in [1.54, 1.807) is 6.20 Å². The second kappa shape index (κ2) is 9.18. The summed E-state index contributed by atoms with van der Waals surface area (Å²) < 4.78 is 5.93. The lowest BCUT2D eigenvalue weighted by Crippen LogP contribution is -2.15. The second-order valence-electron chi connectivity index (χ2n) is 7.23. The summed E-state index contributed by atoms with van der Waals surface area (Å²) in [6.45, 7) is 5.72. The summed E-state index contributed by atoms with van der Waals surface area (Å²) in [4.78, 5) is 11.4. The Bertz CT molecular complexity index is 956. The number of ether oxygens (including phenoxy) is 1. The lowest BCUT2D eigenvalue weighted by Gasteiger charge is -2.14. The van der Waals surface area contributed by atoms with E-state index in [1.165, 1.54) is 0 Å². The van der Waals surface area contributed by atoms with Crippen LogP contribution in [0.25, 0.3) is 22.5 Å². The maximum atomic E-state index is 6.36. The van der Waals surface area contributed by atoms with E-state index in [4.69, 9.17) is 16.3 Å². The van der Waals surface area contributed by atoms with E-state index < -0.39 is 0 Å². The predicted molar refractivity (Wildman–Crippen MR) is 116 cm³/mol. The number of pyridine rings is 2. The highest BCUT2D eigenvalue weighted by atomic mass is 35.5. The van der Waals surface area contributed by atoms with Crippen molar-refractivity contribution in [2.45, 2.75) is 20.3 Å². The number of aryl methyl sites for hydroxylation is 2. The molecule has 2 aromatic heterocycles. The summed E-state index contributed by atoms with van der Waals surface area (Å²) >= 11 is 6.36. The number of rotatable bonds is 7. The molecular weight excluding hydrogens is 370 g/mol. The van der Waals surface area contributed by atoms with Gasteiger partial charge < -0.3 is 9.64 Å². The van der Waals surface area contributed by atoms with Gasteiger partial charge in [0.1, 0.15) is 5.75 Å². The van der Waals surface area contributed by atoms with Crippen LogP contribution in [-0.2, 0) is 0 Å². The molecule has 0 aliphatic rings. The smallest absolute Gasteiger partial charge is 0.138 e. The Morgan fingerprint density at radius 2 is 1.86 bits per heavy atom. The Balaban J connectivity index is 1.93. The van der Waals surface area contributed by atoms with E-state index in [-0.39, 0.29) is 0 Å². The first kappa shape index (κ1) is 20.3. The maximum Gasteiger partial charge on any atom is 0.138 e. The van der Waals surface area contributed by atoms with Gasteiger partial charge >= 0.3 is 0 Å². The largest absolute Gasteiger partial charge is 0.492 e. The molecule has 28 heavy (non-hydrogen) atoms. The van der Waals surface area contributed by atoms with Gasteiger partial charge in [-0.1, -0.05) is 23.7 Å². The van der Waals surface area contributed by atoms with Gasteiger partial charge in [-0.25, -0.2) is 0 Å². The van der Waals surface area contributed by atoms with Crippen LogP contribution in [0.15, 0.2) is 48.8 Å². The normalized spacial score (nSPS) is 11.1. The molecule has 0 saturated heterocycles. The minimum absolute atomic E-state index is 0.607. The molecule has 3 aromatic rings. The number of benzene rings is 1. The first-order chi connectivity index (χ1) is 13.5. The van der Waals surface area contributed by atoms with E-state index >= 15 is 0 Å². The highest BCUT2D eigenvalue weighted by Crippen LogP contribution is 2.35. The molecule has 0 atom stereocenters. The zero-order valence-electron chi connectivity index (χ0n) is 16.9. The molecule has 3 rings (SSSR count). The summed E-state index contributed by atoms with van der Waals surface area (Å²) in [6, 6.07) is 11.9. The fraction of sp³-hybridized carbons (Fsp3) is 0.304. The van der Waals surface area contributed by atoms with Gasteiger partial charge in [0.05, 0.1) is 23.0 Å². The zero-order valence-corrected chi connectivity index (χ0v) is 17.6. The monoisotopic (exact) mass is 395 g/mol. The summed E-state index contributed by atoms with van der Waals surface area (Å²) in [5, 5.41) is 0.607. The van der Waals surface area contributed by atoms with Crippen LogP contribution in [-0.4, -0.2) is 42.1 Å². The van der Waals surface area contributed by atoms with Gasteiger partial charge in [-0.15, -0.1) is 0 Å². The molecule has 0 saturated carbocycles. The molecule has 0 aliphatic heterocycles. The standard InChI is InChI=1S/C23H26ClN3O/c1-16-13-17(2)22(26-15-16)19-7-5-10-25-23(19)18-8-9-20(24)21(14-18)28-12-6-11-27(3)4/h5,7-10,13-15H,6,11-12H2,1-4H3. The first-order valence-electron chi connectivity index (χ1n) is 9.42. The number of hydrogen-bond acceptors (Lipinski definition) is 4. The third-order valence-electron chi connectivity index (χ3n) is 4.49. The number of hydrogen-bond donors (Lipinski definition) is 0. The Hall–Kier alpha value is -2.43. The van der Waals surface area contributed by atoms with E-state index in [0.29, 0.717) is 17.4 Å². The summed E-state index contributed by atoms with van der Waals surface area (Å²) in [6.07, 6.45) is 4.63. The molecule has 0 aliphatic carbocycles. The van der Waals surface area contributed by atoms with Crippen molar-refractivity contribution in [1.29, 1.82) is 0 Å². The van der Waals surface area contributed by atoms with Crippen LogP contribution in [0.5, 0.6) is 5.75 Å². The van der Waals surface area contributed by atoms with Crippen molar-refractivity contribution in [3.05, 3.63) is 64.9 Å². The molecule has 0 amide bonds. The average molecular weight is 396 g/mol. The van der Waals surface area contributed by atoms with Crippen LogP contribution >= 0.6 is 11.6 Å². The van der Waals surface area contributed by atoms with Crippen molar-refractivity contribution in [2.24, 2.45) is 0 Å². The molecule has 0 fully saturated rings. The molecule has 0 spiro atoms. The van der Waals surface area contributed by atoms with Crippen molar-refractivity contribution in [1.82, 2.24) is 14.9 Å². The molecular formula is C23H26ClN3O. The Labute approximate surface area is 172 Å². The molecule has 0 unspecified atom stereocenters. The van der Waals surface area contributed by atoms with E-state index in [0.717, 1.165) is 46.6 Å². The average Bonchev–Trinajstić information content (AvgIpc) is 2.66. The summed E-state index contributed by atoms with van der Waals surface area (Å²) in [7, 11) is 4.11. The third kappa shape index (κ3) is 4.89. The number of aromatic nitrogens is 2. The molecule has 0 bridgehead atoms. The van der Waals surface area contributed by atoms with Gasteiger partial charge in [-0.3, -0.25) is 9.97 Å². The van der Waals surface area contributed by atoms with Crippen molar-refractivity contribution in [3.8, 4) is 28.3 Å².